The second kappa shape index (κ2) is 6.27. The van der Waals surface area contributed by atoms with E-state index in [1.807, 2.05) is 55.1 Å². The van der Waals surface area contributed by atoms with Crippen molar-refractivity contribution in [2.24, 2.45) is 0 Å². The molecule has 1 aliphatic rings. The van der Waals surface area contributed by atoms with Crippen LogP contribution in [0.25, 0.3) is 10.9 Å². The maximum absolute atomic E-state index is 12.9. The summed E-state index contributed by atoms with van der Waals surface area (Å²) >= 11 is 0. The average molecular weight is 361 g/mol. The average Bonchev–Trinajstić information content (AvgIpc) is 3.10. The molecule has 4 rings (SSSR count). The second-order valence-corrected chi connectivity index (χ2v) is 7.34. The molecule has 1 aromatic heterocycles. The molecule has 2 N–H and O–H groups in total. The Kier molecular flexibility index (Phi) is 4.02. The van der Waals surface area contributed by atoms with E-state index >= 15 is 0 Å². The molecule has 5 heteroatoms. The molecule has 1 unspecified atom stereocenters. The Bertz CT molecular complexity index is 1080. The first-order chi connectivity index (χ1) is 12.9. The fraction of sp³-hybridized carbons (Fsp3) is 0.273. The highest BCUT2D eigenvalue weighted by Gasteiger charge is 2.29. The van der Waals surface area contributed by atoms with Crippen molar-refractivity contribution in [3.63, 3.8) is 0 Å². The Balaban J connectivity index is 1.64. The van der Waals surface area contributed by atoms with E-state index < -0.39 is 0 Å². The van der Waals surface area contributed by atoms with Crippen molar-refractivity contribution < 1.29 is 9.59 Å². The van der Waals surface area contributed by atoms with Crippen molar-refractivity contribution in [3.05, 3.63) is 58.8 Å². The highest BCUT2D eigenvalue weighted by Crippen LogP contribution is 2.34. The molecule has 2 heterocycles. The van der Waals surface area contributed by atoms with Crippen LogP contribution in [0.1, 0.15) is 41.0 Å². The first kappa shape index (κ1) is 17.3. The third-order valence-electron chi connectivity index (χ3n) is 5.48. The van der Waals surface area contributed by atoms with E-state index in [2.05, 4.69) is 17.2 Å². The van der Waals surface area contributed by atoms with Crippen LogP contribution in [0.15, 0.2) is 36.4 Å². The zero-order chi connectivity index (χ0) is 19.3. The van der Waals surface area contributed by atoms with E-state index in [0.29, 0.717) is 5.56 Å². The lowest BCUT2D eigenvalue weighted by Gasteiger charge is -2.20. The van der Waals surface area contributed by atoms with Crippen LogP contribution < -0.4 is 10.2 Å². The molecule has 2 aromatic carbocycles. The third-order valence-corrected chi connectivity index (χ3v) is 5.48. The van der Waals surface area contributed by atoms with Crippen molar-refractivity contribution in [1.82, 2.24) is 4.98 Å². The van der Waals surface area contributed by atoms with Gasteiger partial charge in [-0.15, -0.1) is 0 Å². The number of nitrogens with zero attached hydrogens (tertiary/aromatic N) is 1. The zero-order valence-corrected chi connectivity index (χ0v) is 16.0. The molecule has 3 aromatic rings. The van der Waals surface area contributed by atoms with Crippen LogP contribution in [-0.2, 0) is 11.2 Å². The van der Waals surface area contributed by atoms with Crippen molar-refractivity contribution in [3.8, 4) is 0 Å². The van der Waals surface area contributed by atoms with Crippen molar-refractivity contribution in [1.29, 1.82) is 0 Å². The van der Waals surface area contributed by atoms with Crippen molar-refractivity contribution >= 4 is 34.1 Å². The molecule has 0 saturated heterocycles. The maximum Gasteiger partial charge on any atom is 0.257 e. The lowest BCUT2D eigenvalue weighted by Crippen LogP contribution is -2.33. The molecular weight excluding hydrogens is 338 g/mol. The number of carbonyl (C=O) groups excluding carboxylic acids is 2. The number of fused-ring (bicyclic) bond motifs is 2. The number of para-hydroxylation sites is 1. The van der Waals surface area contributed by atoms with Crippen LogP contribution in [0.4, 0.5) is 11.4 Å². The number of amides is 2. The summed E-state index contributed by atoms with van der Waals surface area (Å²) in [6, 6.07) is 11.7. The zero-order valence-electron chi connectivity index (χ0n) is 16.0. The summed E-state index contributed by atoms with van der Waals surface area (Å²) in [5, 5.41) is 4.07. The lowest BCUT2D eigenvalue weighted by molar-refractivity contribution is -0.116. The number of hydrogen-bond acceptors (Lipinski definition) is 2. The van der Waals surface area contributed by atoms with Crippen LogP contribution in [0.3, 0.4) is 0 Å². The Morgan fingerprint density at radius 2 is 1.96 bits per heavy atom. The summed E-state index contributed by atoms with van der Waals surface area (Å²) in [7, 11) is 0. The van der Waals surface area contributed by atoms with Gasteiger partial charge in [-0.1, -0.05) is 12.1 Å². The summed E-state index contributed by atoms with van der Waals surface area (Å²) in [6.07, 6.45) is 0.795. The molecule has 0 fully saturated rings. The first-order valence-corrected chi connectivity index (χ1v) is 9.18. The molecular formula is C22H23N3O2. The quantitative estimate of drug-likeness (QED) is 0.713. The van der Waals surface area contributed by atoms with Crippen LogP contribution in [-0.4, -0.2) is 22.8 Å². The molecule has 1 aliphatic heterocycles. The summed E-state index contributed by atoms with van der Waals surface area (Å²) in [5.41, 5.74) is 6.49. The van der Waals surface area contributed by atoms with E-state index in [1.165, 1.54) is 0 Å². The Morgan fingerprint density at radius 3 is 2.70 bits per heavy atom. The number of hydrogen-bond donors (Lipinski definition) is 2. The number of anilines is 2. The Morgan fingerprint density at radius 1 is 1.19 bits per heavy atom. The van der Waals surface area contributed by atoms with Crippen molar-refractivity contribution in [2.45, 2.75) is 40.2 Å². The van der Waals surface area contributed by atoms with Gasteiger partial charge in [0.15, 0.2) is 0 Å². The molecule has 0 radical (unpaired) electrons. The van der Waals surface area contributed by atoms with Gasteiger partial charge in [0.2, 0.25) is 5.91 Å². The third kappa shape index (κ3) is 2.79. The predicted octanol–water partition coefficient (Wildman–Crippen LogP) is 4.33. The summed E-state index contributed by atoms with van der Waals surface area (Å²) in [6.45, 7) is 7.69. The highest BCUT2D eigenvalue weighted by atomic mass is 16.2. The Labute approximate surface area is 158 Å². The number of H-pyrrole nitrogens is 1. The minimum absolute atomic E-state index is 0.0437. The van der Waals surface area contributed by atoms with E-state index in [4.69, 9.17) is 0 Å². The van der Waals surface area contributed by atoms with Gasteiger partial charge in [-0.05, 0) is 62.6 Å². The monoisotopic (exact) mass is 361 g/mol. The summed E-state index contributed by atoms with van der Waals surface area (Å²) in [4.78, 5) is 29.9. The van der Waals surface area contributed by atoms with Gasteiger partial charge < -0.3 is 15.2 Å². The van der Waals surface area contributed by atoms with Gasteiger partial charge >= 0.3 is 0 Å². The topological polar surface area (TPSA) is 65.2 Å². The smallest absolute Gasteiger partial charge is 0.257 e. The fourth-order valence-corrected chi connectivity index (χ4v) is 4.06. The van der Waals surface area contributed by atoms with Gasteiger partial charge in [0.05, 0.1) is 11.1 Å². The van der Waals surface area contributed by atoms with E-state index in [-0.39, 0.29) is 17.9 Å². The predicted molar refractivity (Wildman–Crippen MR) is 108 cm³/mol. The van der Waals surface area contributed by atoms with Crippen molar-refractivity contribution in [2.75, 3.05) is 10.2 Å². The molecule has 0 bridgehead atoms. The number of rotatable bonds is 2. The van der Waals surface area contributed by atoms with Gasteiger partial charge in [-0.25, -0.2) is 0 Å². The number of carbonyl (C=O) groups is 2. The Hall–Kier alpha value is -3.08. The molecule has 27 heavy (non-hydrogen) atoms. The number of aromatic amines is 1. The second-order valence-electron chi connectivity index (χ2n) is 7.34. The van der Waals surface area contributed by atoms with E-state index in [9.17, 15) is 9.59 Å². The molecule has 0 aliphatic carbocycles. The molecule has 2 amide bonds. The van der Waals surface area contributed by atoms with Crippen LogP contribution in [0, 0.1) is 13.8 Å². The van der Waals surface area contributed by atoms with Crippen LogP contribution in [0.2, 0.25) is 0 Å². The molecule has 5 nitrogen and oxygen atoms in total. The minimum Gasteiger partial charge on any atom is -0.358 e. The lowest BCUT2D eigenvalue weighted by atomic mass is 10.1. The van der Waals surface area contributed by atoms with Gasteiger partial charge in [-0.2, -0.15) is 0 Å². The molecule has 1 atom stereocenters. The standard InChI is InChI=1S/C22H23N3O2/c1-12-10-16-11-17(8-9-20(16)25(12)15(4)26)24-22(27)19-7-5-6-18-13(2)14(3)23-21(18)19/h5-9,11-12,23H,10H2,1-4H3,(H,24,27). The summed E-state index contributed by atoms with van der Waals surface area (Å²) < 4.78 is 0. The van der Waals surface area contributed by atoms with Gasteiger partial charge in [0, 0.05) is 35.4 Å². The molecule has 138 valence electrons. The van der Waals surface area contributed by atoms with Gasteiger partial charge in [0.25, 0.3) is 5.91 Å². The van der Waals surface area contributed by atoms with Crippen LogP contribution in [0.5, 0.6) is 0 Å². The highest BCUT2D eigenvalue weighted by molar-refractivity contribution is 6.12. The number of nitrogens with one attached hydrogen (secondary N) is 2. The summed E-state index contributed by atoms with van der Waals surface area (Å²) in [5.74, 6) is -0.0986. The SMILES string of the molecule is CC(=O)N1c2ccc(NC(=O)c3cccc4c(C)c(C)[nH]c34)cc2CC1C. The number of aromatic nitrogens is 1. The largest absolute Gasteiger partial charge is 0.358 e. The number of benzene rings is 2. The molecule has 0 saturated carbocycles. The van der Waals surface area contributed by atoms with Crippen LogP contribution >= 0.6 is 0 Å². The minimum atomic E-state index is -0.142. The van der Waals surface area contributed by atoms with E-state index in [0.717, 1.165) is 45.5 Å². The number of aryl methyl sites for hydroxylation is 2. The van der Waals surface area contributed by atoms with Gasteiger partial charge in [0.1, 0.15) is 0 Å². The normalized spacial score (nSPS) is 15.9. The first-order valence-electron chi connectivity index (χ1n) is 9.18. The maximum atomic E-state index is 12.9. The van der Waals surface area contributed by atoms with E-state index in [1.54, 1.807) is 6.92 Å². The molecule has 0 spiro atoms. The van der Waals surface area contributed by atoms with Gasteiger partial charge in [-0.3, -0.25) is 9.59 Å². The fourth-order valence-electron chi connectivity index (χ4n) is 4.06.